The molecule has 0 heterocycles. The third kappa shape index (κ3) is 3.68. The summed E-state index contributed by atoms with van der Waals surface area (Å²) in [6, 6.07) is 5.60. The molecule has 1 rings (SSSR count). The first-order chi connectivity index (χ1) is 8.81. The summed E-state index contributed by atoms with van der Waals surface area (Å²) in [5, 5.41) is 16.9. The molecule has 0 bridgehead atoms. The van der Waals surface area contributed by atoms with Gasteiger partial charge in [-0.2, -0.15) is 0 Å². The fraction of sp³-hybridized carbons (Fsp3) is 0.500. The molecule has 0 aliphatic carbocycles. The molecular formula is C14H23N3O2. The average Bonchev–Trinajstić information content (AvgIpc) is 2.38. The Hall–Kier alpha value is -1.59. The Kier molecular flexibility index (Phi) is 4.91. The lowest BCUT2D eigenvalue weighted by atomic mass is 10.0. The summed E-state index contributed by atoms with van der Waals surface area (Å²) >= 11 is 0. The maximum atomic E-state index is 9.35. The van der Waals surface area contributed by atoms with Crippen LogP contribution in [0.5, 0.6) is 5.75 Å². The molecule has 0 aliphatic rings. The number of aliphatic hydroxyl groups excluding tert-OH is 1. The van der Waals surface area contributed by atoms with E-state index in [4.69, 9.17) is 15.9 Å². The normalized spacial score (nSPS) is 11.7. The number of aliphatic hydroxyl groups is 1. The number of amidine groups is 1. The van der Waals surface area contributed by atoms with Crippen molar-refractivity contribution in [3.05, 3.63) is 29.3 Å². The van der Waals surface area contributed by atoms with E-state index < -0.39 is 0 Å². The van der Waals surface area contributed by atoms with E-state index in [0.29, 0.717) is 17.9 Å². The molecule has 4 N–H and O–H groups in total. The van der Waals surface area contributed by atoms with Crippen molar-refractivity contribution in [3.8, 4) is 5.75 Å². The summed E-state index contributed by atoms with van der Waals surface area (Å²) in [4.78, 5) is 2.05. The molecule has 106 valence electrons. The highest BCUT2D eigenvalue weighted by atomic mass is 16.5. The number of hydrogen-bond acceptors (Lipinski definition) is 4. The van der Waals surface area contributed by atoms with Gasteiger partial charge in [0.1, 0.15) is 11.6 Å². The predicted octanol–water partition coefficient (Wildman–Crippen LogP) is 1.18. The number of likely N-dealkylation sites (N-methyl/N-ethyl adjacent to an activating group) is 1. The van der Waals surface area contributed by atoms with Crippen molar-refractivity contribution in [1.82, 2.24) is 4.90 Å². The minimum absolute atomic E-state index is 0.0113. The first kappa shape index (κ1) is 15.5. The molecule has 0 amide bonds. The van der Waals surface area contributed by atoms with Crippen LogP contribution in [-0.4, -0.2) is 42.1 Å². The van der Waals surface area contributed by atoms with Crippen molar-refractivity contribution in [2.45, 2.75) is 25.9 Å². The van der Waals surface area contributed by atoms with Gasteiger partial charge >= 0.3 is 0 Å². The Morgan fingerprint density at radius 1 is 1.47 bits per heavy atom. The Labute approximate surface area is 114 Å². The van der Waals surface area contributed by atoms with Crippen LogP contribution in [0, 0.1) is 5.41 Å². The summed E-state index contributed by atoms with van der Waals surface area (Å²) in [6.07, 6.45) is 0. The quantitative estimate of drug-likeness (QED) is 0.533. The van der Waals surface area contributed by atoms with Crippen LogP contribution in [0.25, 0.3) is 0 Å². The van der Waals surface area contributed by atoms with Gasteiger partial charge < -0.3 is 15.6 Å². The molecule has 0 unspecified atom stereocenters. The lowest BCUT2D eigenvalue weighted by molar-refractivity contribution is 0.0734. The zero-order valence-corrected chi connectivity index (χ0v) is 12.0. The van der Waals surface area contributed by atoms with Crippen molar-refractivity contribution in [2.75, 3.05) is 20.8 Å². The van der Waals surface area contributed by atoms with Crippen molar-refractivity contribution >= 4 is 5.84 Å². The second-order valence-corrected chi connectivity index (χ2v) is 5.27. The Morgan fingerprint density at radius 2 is 2.11 bits per heavy atom. The molecule has 19 heavy (non-hydrogen) atoms. The first-order valence-electron chi connectivity index (χ1n) is 6.15. The summed E-state index contributed by atoms with van der Waals surface area (Å²) in [5.41, 5.74) is 6.87. The number of benzene rings is 1. The third-order valence-corrected chi connectivity index (χ3v) is 3.39. The maximum absolute atomic E-state index is 9.35. The smallest absolute Gasteiger partial charge is 0.129 e. The van der Waals surface area contributed by atoms with Crippen LogP contribution >= 0.6 is 0 Å². The Bertz CT molecular complexity index is 458. The molecular weight excluding hydrogens is 242 g/mol. The first-order valence-corrected chi connectivity index (χ1v) is 6.15. The van der Waals surface area contributed by atoms with Gasteiger partial charge in [-0.15, -0.1) is 0 Å². The highest BCUT2D eigenvalue weighted by Gasteiger charge is 2.22. The number of methoxy groups -OCH3 is 1. The molecule has 5 heteroatoms. The second-order valence-electron chi connectivity index (χ2n) is 5.27. The molecule has 0 atom stereocenters. The van der Waals surface area contributed by atoms with Gasteiger partial charge in [-0.1, -0.05) is 6.07 Å². The Balaban J connectivity index is 2.97. The molecule has 0 saturated carbocycles. The molecule has 5 nitrogen and oxygen atoms in total. The third-order valence-electron chi connectivity index (χ3n) is 3.39. The Morgan fingerprint density at radius 3 is 2.58 bits per heavy atom. The molecule has 1 aromatic carbocycles. The summed E-state index contributed by atoms with van der Waals surface area (Å²) < 4.78 is 5.18. The SMILES string of the molecule is COc1ccc(CN(C)C(C)(C)CO)cc1C(=N)N. The number of nitrogens with one attached hydrogen (secondary N) is 1. The predicted molar refractivity (Wildman–Crippen MR) is 76.6 cm³/mol. The fourth-order valence-electron chi connectivity index (χ4n) is 1.67. The maximum Gasteiger partial charge on any atom is 0.129 e. The van der Waals surface area contributed by atoms with Crippen molar-refractivity contribution in [2.24, 2.45) is 5.73 Å². The van der Waals surface area contributed by atoms with E-state index in [0.717, 1.165) is 5.56 Å². The average molecular weight is 265 g/mol. The van der Waals surface area contributed by atoms with Crippen LogP contribution < -0.4 is 10.5 Å². The van der Waals surface area contributed by atoms with E-state index in [-0.39, 0.29) is 18.0 Å². The van der Waals surface area contributed by atoms with Crippen LogP contribution in [0.4, 0.5) is 0 Å². The van der Waals surface area contributed by atoms with Gasteiger partial charge in [0.15, 0.2) is 0 Å². The molecule has 0 aromatic heterocycles. The van der Waals surface area contributed by atoms with E-state index in [1.54, 1.807) is 7.11 Å². The van der Waals surface area contributed by atoms with E-state index >= 15 is 0 Å². The number of ether oxygens (including phenoxy) is 1. The van der Waals surface area contributed by atoms with Crippen LogP contribution in [0.2, 0.25) is 0 Å². The van der Waals surface area contributed by atoms with Gasteiger partial charge in [-0.3, -0.25) is 10.3 Å². The molecule has 0 aliphatic heterocycles. The van der Waals surface area contributed by atoms with Gasteiger partial charge in [0, 0.05) is 12.1 Å². The second kappa shape index (κ2) is 6.04. The lowest BCUT2D eigenvalue weighted by Crippen LogP contribution is -2.43. The van der Waals surface area contributed by atoms with Gasteiger partial charge in [-0.05, 0) is 38.6 Å². The van der Waals surface area contributed by atoms with Crippen molar-refractivity contribution in [3.63, 3.8) is 0 Å². The minimum Gasteiger partial charge on any atom is -0.496 e. The van der Waals surface area contributed by atoms with Crippen LogP contribution in [0.1, 0.15) is 25.0 Å². The lowest BCUT2D eigenvalue weighted by Gasteiger charge is -2.34. The van der Waals surface area contributed by atoms with E-state index in [1.807, 2.05) is 39.1 Å². The van der Waals surface area contributed by atoms with E-state index in [1.165, 1.54) is 0 Å². The number of hydrogen-bond donors (Lipinski definition) is 3. The summed E-state index contributed by atoms with van der Waals surface area (Å²) in [6.45, 7) is 4.70. The van der Waals surface area contributed by atoms with E-state index in [9.17, 15) is 5.11 Å². The molecule has 0 spiro atoms. The largest absolute Gasteiger partial charge is 0.496 e. The standard InChI is InChI=1S/C14H23N3O2/c1-14(2,9-18)17(3)8-10-5-6-12(19-4)11(7-10)13(15)16/h5-7,18H,8-9H2,1-4H3,(H3,15,16). The number of nitrogen functional groups attached to an aromatic ring is 1. The highest BCUT2D eigenvalue weighted by molar-refractivity contribution is 5.97. The molecule has 0 saturated heterocycles. The highest BCUT2D eigenvalue weighted by Crippen LogP contribution is 2.22. The zero-order valence-electron chi connectivity index (χ0n) is 12.0. The van der Waals surface area contributed by atoms with Crippen LogP contribution in [-0.2, 0) is 6.54 Å². The molecule has 0 fully saturated rings. The zero-order chi connectivity index (χ0) is 14.6. The van der Waals surface area contributed by atoms with Gasteiger partial charge in [0.25, 0.3) is 0 Å². The topological polar surface area (TPSA) is 82.6 Å². The summed E-state index contributed by atoms with van der Waals surface area (Å²) in [7, 11) is 3.51. The van der Waals surface area contributed by atoms with Gasteiger partial charge in [-0.25, -0.2) is 0 Å². The van der Waals surface area contributed by atoms with Crippen molar-refractivity contribution in [1.29, 1.82) is 5.41 Å². The fourth-order valence-corrected chi connectivity index (χ4v) is 1.67. The summed E-state index contributed by atoms with van der Waals surface area (Å²) in [5.74, 6) is 0.586. The number of nitrogens with zero attached hydrogens (tertiary/aromatic N) is 1. The van der Waals surface area contributed by atoms with E-state index in [2.05, 4.69) is 4.90 Å². The number of rotatable bonds is 6. The van der Waals surface area contributed by atoms with Gasteiger partial charge in [0.05, 0.1) is 19.3 Å². The number of nitrogens with two attached hydrogens (primary N) is 1. The van der Waals surface area contributed by atoms with Crippen molar-refractivity contribution < 1.29 is 9.84 Å². The van der Waals surface area contributed by atoms with Crippen LogP contribution in [0.15, 0.2) is 18.2 Å². The minimum atomic E-state index is -0.295. The van der Waals surface area contributed by atoms with Crippen LogP contribution in [0.3, 0.4) is 0 Å². The monoisotopic (exact) mass is 265 g/mol. The molecule has 1 aromatic rings. The molecule has 0 radical (unpaired) electrons. The van der Waals surface area contributed by atoms with Gasteiger partial charge in [0.2, 0.25) is 0 Å².